The first kappa shape index (κ1) is 18.1. The van der Waals surface area contributed by atoms with Crippen LogP contribution >= 0.6 is 0 Å². The maximum atomic E-state index is 11.5. The van der Waals surface area contributed by atoms with Gasteiger partial charge in [0, 0.05) is 6.04 Å². The van der Waals surface area contributed by atoms with Crippen LogP contribution in [-0.4, -0.2) is 36.6 Å². The zero-order valence-corrected chi connectivity index (χ0v) is 13.0. The van der Waals surface area contributed by atoms with Gasteiger partial charge in [-0.2, -0.15) is 5.10 Å². The van der Waals surface area contributed by atoms with E-state index in [0.717, 1.165) is 0 Å². The van der Waals surface area contributed by atoms with Crippen LogP contribution in [0.1, 0.15) is 25.8 Å². The Morgan fingerprint density at radius 3 is 2.43 bits per heavy atom. The number of carbonyl (C=O) groups excluding carboxylic acids is 3. The van der Waals surface area contributed by atoms with Crippen molar-refractivity contribution in [3.8, 4) is 5.75 Å². The number of ether oxygens (including phenoxy) is 1. The van der Waals surface area contributed by atoms with E-state index in [2.05, 4.69) is 15.8 Å². The number of nitrogens with zero attached hydrogens (tertiary/aromatic N) is 1. The highest BCUT2D eigenvalue weighted by atomic mass is 16.5. The number of rotatable bonds is 8. The number of hydrogen-bond donors (Lipinski definition) is 3. The van der Waals surface area contributed by atoms with Gasteiger partial charge in [0.1, 0.15) is 12.2 Å². The maximum absolute atomic E-state index is 11.5. The van der Waals surface area contributed by atoms with Crippen LogP contribution in [0.5, 0.6) is 5.75 Å². The highest BCUT2D eigenvalue weighted by molar-refractivity contribution is 5.97. The summed E-state index contributed by atoms with van der Waals surface area (Å²) in [6.07, 6.45) is 1.14. The van der Waals surface area contributed by atoms with E-state index < -0.39 is 11.8 Å². The first-order chi connectivity index (χ1) is 10.9. The second-order valence-electron chi connectivity index (χ2n) is 5.02. The standard InChI is InChI=1S/C15H20N4O4/c1-10(2)18-14(21)7-15(22)19-17-8-11-3-5-12(6-4-11)23-9-13(16)20/h3-6,8,10H,7,9H2,1-2H3,(H2,16,20)(H,18,21)(H,19,22)/b17-8+. The number of hydrazone groups is 1. The van der Waals surface area contributed by atoms with Gasteiger partial charge < -0.3 is 15.8 Å². The number of carbonyl (C=O) groups is 3. The second kappa shape index (κ2) is 9.19. The van der Waals surface area contributed by atoms with Gasteiger partial charge >= 0.3 is 0 Å². The third-order valence-electron chi connectivity index (χ3n) is 2.43. The summed E-state index contributed by atoms with van der Waals surface area (Å²) in [5.41, 5.74) is 7.95. The molecule has 23 heavy (non-hydrogen) atoms. The van der Waals surface area contributed by atoms with Gasteiger partial charge in [0.2, 0.25) is 11.8 Å². The van der Waals surface area contributed by atoms with Crippen molar-refractivity contribution in [2.75, 3.05) is 6.61 Å². The number of benzene rings is 1. The Labute approximate surface area is 134 Å². The molecule has 0 aliphatic carbocycles. The number of hydrogen-bond acceptors (Lipinski definition) is 5. The minimum Gasteiger partial charge on any atom is -0.484 e. The Morgan fingerprint density at radius 2 is 1.87 bits per heavy atom. The molecule has 3 amide bonds. The fourth-order valence-electron chi connectivity index (χ4n) is 1.54. The van der Waals surface area contributed by atoms with E-state index in [1.54, 1.807) is 24.3 Å². The Morgan fingerprint density at radius 1 is 1.22 bits per heavy atom. The predicted octanol–water partition coefficient (Wildman–Crippen LogP) is -0.0845. The summed E-state index contributed by atoms with van der Waals surface area (Å²) in [5, 5.41) is 6.37. The second-order valence-corrected chi connectivity index (χ2v) is 5.02. The maximum Gasteiger partial charge on any atom is 0.255 e. The Kier molecular flexibility index (Phi) is 7.25. The molecule has 1 aromatic rings. The average Bonchev–Trinajstić information content (AvgIpc) is 2.45. The zero-order valence-electron chi connectivity index (χ0n) is 13.0. The molecule has 1 rings (SSSR count). The topological polar surface area (TPSA) is 123 Å². The van der Waals surface area contributed by atoms with Crippen LogP contribution in [0.4, 0.5) is 0 Å². The molecule has 124 valence electrons. The summed E-state index contributed by atoms with van der Waals surface area (Å²) in [6.45, 7) is 3.43. The molecule has 0 spiro atoms. The summed E-state index contributed by atoms with van der Waals surface area (Å²) in [4.78, 5) is 33.4. The van der Waals surface area contributed by atoms with Gasteiger partial charge in [-0.3, -0.25) is 14.4 Å². The van der Waals surface area contributed by atoms with Gasteiger partial charge in [-0.25, -0.2) is 5.43 Å². The molecule has 8 nitrogen and oxygen atoms in total. The Bertz CT molecular complexity index is 582. The number of primary amides is 1. The highest BCUT2D eigenvalue weighted by Gasteiger charge is 2.09. The Balaban J connectivity index is 2.41. The van der Waals surface area contributed by atoms with Crippen LogP contribution in [0.3, 0.4) is 0 Å². The van der Waals surface area contributed by atoms with Crippen molar-refractivity contribution < 1.29 is 19.1 Å². The van der Waals surface area contributed by atoms with Crippen LogP contribution in [0.25, 0.3) is 0 Å². The molecule has 0 heterocycles. The largest absolute Gasteiger partial charge is 0.484 e. The molecule has 0 saturated carbocycles. The predicted molar refractivity (Wildman–Crippen MR) is 84.8 cm³/mol. The monoisotopic (exact) mass is 320 g/mol. The molecule has 0 aliphatic heterocycles. The number of nitrogens with one attached hydrogen (secondary N) is 2. The molecule has 0 saturated heterocycles. The van der Waals surface area contributed by atoms with Gasteiger partial charge in [0.05, 0.1) is 6.21 Å². The minimum absolute atomic E-state index is 0.0194. The molecule has 0 radical (unpaired) electrons. The van der Waals surface area contributed by atoms with E-state index in [1.165, 1.54) is 6.21 Å². The first-order valence-corrected chi connectivity index (χ1v) is 6.99. The van der Waals surface area contributed by atoms with Crippen LogP contribution < -0.4 is 21.2 Å². The van der Waals surface area contributed by atoms with Crippen molar-refractivity contribution in [3.63, 3.8) is 0 Å². The molecular weight excluding hydrogens is 300 g/mol. The van der Waals surface area contributed by atoms with Crippen molar-refractivity contribution >= 4 is 23.9 Å². The van der Waals surface area contributed by atoms with Crippen molar-refractivity contribution in [2.24, 2.45) is 10.8 Å². The molecule has 1 aromatic carbocycles. The van der Waals surface area contributed by atoms with Gasteiger partial charge in [-0.1, -0.05) is 0 Å². The fraction of sp³-hybridized carbons (Fsp3) is 0.333. The lowest BCUT2D eigenvalue weighted by atomic mass is 10.2. The SMILES string of the molecule is CC(C)NC(=O)CC(=O)N/N=C/c1ccc(OCC(N)=O)cc1. The van der Waals surface area contributed by atoms with Crippen molar-refractivity contribution in [1.82, 2.24) is 10.7 Å². The minimum atomic E-state index is -0.556. The number of nitrogens with two attached hydrogens (primary N) is 1. The van der Waals surface area contributed by atoms with E-state index in [-0.39, 0.29) is 25.0 Å². The highest BCUT2D eigenvalue weighted by Crippen LogP contribution is 2.10. The van der Waals surface area contributed by atoms with E-state index in [9.17, 15) is 14.4 Å². The molecule has 4 N–H and O–H groups in total. The van der Waals surface area contributed by atoms with E-state index >= 15 is 0 Å². The lowest BCUT2D eigenvalue weighted by Crippen LogP contribution is -2.34. The van der Waals surface area contributed by atoms with Crippen LogP contribution in [0.2, 0.25) is 0 Å². The first-order valence-electron chi connectivity index (χ1n) is 6.99. The van der Waals surface area contributed by atoms with Gasteiger partial charge in [0.25, 0.3) is 5.91 Å². The average molecular weight is 320 g/mol. The molecule has 0 aromatic heterocycles. The van der Waals surface area contributed by atoms with Gasteiger partial charge in [-0.15, -0.1) is 0 Å². The summed E-state index contributed by atoms with van der Waals surface area (Å²) in [6, 6.07) is 6.65. The third-order valence-corrected chi connectivity index (χ3v) is 2.43. The molecule has 0 bridgehead atoms. The molecule has 0 atom stereocenters. The van der Waals surface area contributed by atoms with Crippen LogP contribution in [0.15, 0.2) is 29.4 Å². The van der Waals surface area contributed by atoms with E-state index in [4.69, 9.17) is 10.5 Å². The summed E-state index contributed by atoms with van der Waals surface area (Å²) in [7, 11) is 0. The number of amides is 3. The normalized spacial score (nSPS) is 10.6. The molecule has 0 aliphatic rings. The fourth-order valence-corrected chi connectivity index (χ4v) is 1.54. The molecule has 0 unspecified atom stereocenters. The van der Waals surface area contributed by atoms with Crippen molar-refractivity contribution in [1.29, 1.82) is 0 Å². The molecule has 0 fully saturated rings. The third kappa shape index (κ3) is 8.20. The van der Waals surface area contributed by atoms with Crippen LogP contribution in [-0.2, 0) is 14.4 Å². The van der Waals surface area contributed by atoms with E-state index in [1.807, 2.05) is 13.8 Å². The quantitative estimate of drug-likeness (QED) is 0.352. The van der Waals surface area contributed by atoms with Crippen molar-refractivity contribution in [2.45, 2.75) is 26.3 Å². The van der Waals surface area contributed by atoms with Gasteiger partial charge in [-0.05, 0) is 43.7 Å². The van der Waals surface area contributed by atoms with E-state index in [0.29, 0.717) is 11.3 Å². The van der Waals surface area contributed by atoms with Gasteiger partial charge in [0.15, 0.2) is 6.61 Å². The smallest absolute Gasteiger partial charge is 0.255 e. The van der Waals surface area contributed by atoms with Crippen molar-refractivity contribution in [3.05, 3.63) is 29.8 Å². The molecule has 8 heteroatoms. The summed E-state index contributed by atoms with van der Waals surface area (Å²) < 4.78 is 5.11. The zero-order chi connectivity index (χ0) is 17.2. The Hall–Kier alpha value is -2.90. The lowest BCUT2D eigenvalue weighted by Gasteiger charge is -2.06. The molecular formula is C15H20N4O4. The lowest BCUT2D eigenvalue weighted by molar-refractivity contribution is -0.129. The summed E-state index contributed by atoms with van der Waals surface area (Å²) >= 11 is 0. The van der Waals surface area contributed by atoms with Crippen LogP contribution in [0, 0.1) is 0 Å². The summed E-state index contributed by atoms with van der Waals surface area (Å²) in [5.74, 6) is -0.917.